The summed E-state index contributed by atoms with van der Waals surface area (Å²) in [7, 11) is 0. The van der Waals surface area contributed by atoms with Crippen LogP contribution in [0.1, 0.15) is 281 Å². The van der Waals surface area contributed by atoms with Crippen molar-refractivity contribution in [3.05, 3.63) is 362 Å². The summed E-state index contributed by atoms with van der Waals surface area (Å²) in [5.74, 6) is 0. The fraction of sp³-hybridized carbons (Fsp3) is 0.333. The minimum absolute atomic E-state index is 0.0167. The minimum atomic E-state index is -0.145. The Bertz CT molecular complexity index is 6880. The van der Waals surface area contributed by atoms with Gasteiger partial charge in [-0.05, 0) is 339 Å². The van der Waals surface area contributed by atoms with Crippen molar-refractivity contribution in [3.8, 4) is 44.5 Å². The van der Waals surface area contributed by atoms with Gasteiger partial charge in [0.15, 0.2) is 0 Å². The van der Waals surface area contributed by atoms with Crippen LogP contribution in [0.25, 0.3) is 44.5 Å². The van der Waals surface area contributed by atoms with Gasteiger partial charge in [0.25, 0.3) is 6.71 Å². The first-order valence-corrected chi connectivity index (χ1v) is 48.6. The summed E-state index contributed by atoms with van der Waals surface area (Å²) in [6, 6.07) is 106. The fourth-order valence-electron chi connectivity index (χ4n) is 23.5. The van der Waals surface area contributed by atoms with Crippen LogP contribution in [0.4, 0.5) is 68.2 Å². The minimum Gasteiger partial charge on any atom is -0.311 e. The Kier molecular flexibility index (Phi) is 21.0. The lowest BCUT2D eigenvalue weighted by molar-refractivity contribution is 0.332. The Morgan fingerprint density at radius 1 is 0.260 bits per heavy atom. The Labute approximate surface area is 785 Å². The maximum Gasteiger partial charge on any atom is 0.252 e. The van der Waals surface area contributed by atoms with Gasteiger partial charge in [-0.3, -0.25) is 0 Å². The van der Waals surface area contributed by atoms with E-state index in [1.54, 1.807) is 0 Å². The first-order chi connectivity index (χ1) is 61.6. The highest BCUT2D eigenvalue weighted by Gasteiger charge is 2.50. The summed E-state index contributed by atoms with van der Waals surface area (Å²) >= 11 is 0. The molecule has 664 valence electrons. The van der Waals surface area contributed by atoms with Gasteiger partial charge in [-0.25, -0.2) is 0 Å². The number of fused-ring (bicyclic) bond motifs is 12. The molecule has 131 heavy (non-hydrogen) atoms. The molecule has 0 saturated heterocycles. The van der Waals surface area contributed by atoms with E-state index >= 15 is 0 Å². The normalized spacial score (nSPS) is 16.4. The Balaban J connectivity index is 0.000000170. The number of aryl methyl sites for hydroxylation is 4. The zero-order valence-electron chi connectivity index (χ0n) is 83.7. The SMILES string of the molecule is Cc1cccc(C)c1-c1cc(N(c2cccc(C(C)(C)C)c2)c2cccc(C(C)(C)C)c2)cc(N(c2ccc3c(c2)C(C)(C)CCC3(C)C)c2cccc3c2-c2ccccc2C3(C)C)c1.Cc1cccc(C)c1-c1cc2c3c(c1)N(c1cccc4c1-c1ccccc1C4(C)C)c1cc4c(cc1B3c1ccc(C(C)(C)C)cc1N2c1cccc(C(C)(C)C)c1)C(C)(C)CCC4(C)C. The van der Waals surface area contributed by atoms with Crippen molar-refractivity contribution in [1.29, 1.82) is 0 Å². The summed E-state index contributed by atoms with van der Waals surface area (Å²) in [5, 5.41) is 0. The van der Waals surface area contributed by atoms with Gasteiger partial charge in [-0.15, -0.1) is 0 Å². The largest absolute Gasteiger partial charge is 0.311 e. The number of nitrogens with zero attached hydrogens (tertiary/aromatic N) is 4. The van der Waals surface area contributed by atoms with Crippen molar-refractivity contribution in [2.75, 3.05) is 19.6 Å². The van der Waals surface area contributed by atoms with Crippen LogP contribution in [0.15, 0.2) is 273 Å². The van der Waals surface area contributed by atoms with E-state index in [1.807, 2.05) is 0 Å². The lowest BCUT2D eigenvalue weighted by Gasteiger charge is -2.48. The maximum atomic E-state index is 2.73. The molecule has 5 heteroatoms. The molecule has 0 radical (unpaired) electrons. The molecule has 14 aromatic carbocycles. The summed E-state index contributed by atoms with van der Waals surface area (Å²) < 4.78 is 0. The van der Waals surface area contributed by atoms with Gasteiger partial charge in [0.05, 0.1) is 11.4 Å². The first-order valence-electron chi connectivity index (χ1n) is 48.6. The highest BCUT2D eigenvalue weighted by atomic mass is 15.2. The van der Waals surface area contributed by atoms with Crippen LogP contribution >= 0.6 is 0 Å². The first kappa shape index (κ1) is 88.6. The Morgan fingerprint density at radius 3 is 1.20 bits per heavy atom. The predicted molar refractivity (Wildman–Crippen MR) is 567 cm³/mol. The third-order valence-corrected chi connectivity index (χ3v) is 31.5. The second kappa shape index (κ2) is 31.0. The van der Waals surface area contributed by atoms with E-state index in [9.17, 15) is 0 Å². The van der Waals surface area contributed by atoms with Gasteiger partial charge < -0.3 is 19.6 Å². The zero-order chi connectivity index (χ0) is 93.1. The monoisotopic (exact) mass is 1720 g/mol. The molecule has 0 spiro atoms. The van der Waals surface area contributed by atoms with Crippen LogP contribution in [0.3, 0.4) is 0 Å². The van der Waals surface area contributed by atoms with E-state index in [4.69, 9.17) is 0 Å². The van der Waals surface area contributed by atoms with Crippen molar-refractivity contribution >= 4 is 91.3 Å². The topological polar surface area (TPSA) is 13.0 Å². The molecule has 2 aliphatic heterocycles. The molecule has 0 atom stereocenters. The zero-order valence-corrected chi connectivity index (χ0v) is 83.7. The Hall–Kier alpha value is -11.7. The van der Waals surface area contributed by atoms with Crippen molar-refractivity contribution < 1.29 is 0 Å². The average Bonchev–Trinajstić information content (AvgIpc) is 1.16. The summed E-state index contributed by atoms with van der Waals surface area (Å²) in [5.41, 5.74) is 50.8. The maximum absolute atomic E-state index is 2.73. The molecule has 0 aromatic heterocycles. The van der Waals surface area contributed by atoms with Crippen molar-refractivity contribution in [3.63, 3.8) is 0 Å². The molecule has 0 amide bonds. The molecular weight excluding hydrogens is 1580 g/mol. The van der Waals surface area contributed by atoms with Gasteiger partial charge >= 0.3 is 0 Å². The summed E-state index contributed by atoms with van der Waals surface area (Å²) in [4.78, 5) is 10.5. The predicted octanol–water partition coefficient (Wildman–Crippen LogP) is 33.5. The van der Waals surface area contributed by atoms with Crippen molar-refractivity contribution in [2.24, 2.45) is 0 Å². The highest BCUT2D eigenvalue weighted by molar-refractivity contribution is 7.00. The van der Waals surface area contributed by atoms with Gasteiger partial charge in [0, 0.05) is 78.8 Å². The molecule has 6 aliphatic rings. The van der Waals surface area contributed by atoms with Gasteiger partial charge in [-0.2, -0.15) is 0 Å². The number of benzene rings is 14. The molecule has 4 aliphatic carbocycles. The fourth-order valence-corrected chi connectivity index (χ4v) is 23.5. The molecule has 2 heterocycles. The number of hydrogen-bond donors (Lipinski definition) is 0. The van der Waals surface area contributed by atoms with Crippen LogP contribution < -0.4 is 36.0 Å². The van der Waals surface area contributed by atoms with Crippen LogP contribution in [0.5, 0.6) is 0 Å². The van der Waals surface area contributed by atoms with E-state index < -0.39 is 0 Å². The molecule has 14 aromatic rings. The number of anilines is 12. The third kappa shape index (κ3) is 14.9. The second-order valence-electron chi connectivity index (χ2n) is 47.4. The smallest absolute Gasteiger partial charge is 0.252 e. The van der Waals surface area contributed by atoms with E-state index in [0.29, 0.717) is 0 Å². The molecule has 0 bridgehead atoms. The molecule has 0 saturated carbocycles. The third-order valence-electron chi connectivity index (χ3n) is 31.5. The molecule has 0 N–H and O–H groups in total. The van der Waals surface area contributed by atoms with E-state index in [1.165, 1.54) is 208 Å². The van der Waals surface area contributed by atoms with E-state index in [0.717, 1.165) is 35.6 Å². The van der Waals surface area contributed by atoms with E-state index in [2.05, 4.69) is 486 Å². The lowest BCUT2D eigenvalue weighted by Crippen LogP contribution is -2.62. The number of rotatable bonds is 10. The molecule has 0 unspecified atom stereocenters. The second-order valence-corrected chi connectivity index (χ2v) is 47.4. The van der Waals surface area contributed by atoms with E-state index in [-0.39, 0.29) is 60.9 Å². The van der Waals surface area contributed by atoms with Crippen LogP contribution in [-0.4, -0.2) is 6.71 Å². The average molecular weight is 1720 g/mol. The van der Waals surface area contributed by atoms with Gasteiger partial charge in [0.1, 0.15) is 0 Å². The molecule has 4 nitrogen and oxygen atoms in total. The standard InChI is InChI=1S/C63H67BN2.C63H70N2/c1-38-20-17-21-39(2)56(38)40-32-54-58-55(33-40)66(51-27-19-26-46-57(51)44-24-15-16-25-45(44)63(46,13)14)53-37-48-47(61(9,10)30-31-62(48,11)12)36-50(53)64(58)49-29-28-42(60(6,7)8)35-52(49)65(54)43-23-18-22-41(34-43)59(3,4)5;1-41-21-17-22-42(2)57(41)43-35-49(64(46-25-18-23-44(37-46)59(3,4)5)47-26-19-24-45(38-47)60(6,7)8)39-50(36-43)65(48-31-32-53-55(40-48)62(11,12)34-33-61(53,9)10)56-30-20-29-54-58(56)51-27-15-16-28-52(51)63(54,13)14/h15-29,32-37H,30-31H2,1-14H3;15-32,35-40H,33-34H2,1-14H3. The van der Waals surface area contributed by atoms with Crippen LogP contribution in [0, 0.1) is 27.7 Å². The quantitative estimate of drug-likeness (QED) is 0.127. The summed E-state index contributed by atoms with van der Waals surface area (Å²) in [6.07, 6.45) is 4.66. The van der Waals surface area contributed by atoms with Crippen molar-refractivity contribution in [1.82, 2.24) is 0 Å². The molecule has 20 rings (SSSR count). The molecule has 0 fully saturated rings. The van der Waals surface area contributed by atoms with Crippen LogP contribution in [-0.2, 0) is 54.1 Å². The van der Waals surface area contributed by atoms with Gasteiger partial charge in [0.2, 0.25) is 0 Å². The van der Waals surface area contributed by atoms with Crippen LogP contribution in [0.2, 0.25) is 0 Å². The lowest BCUT2D eigenvalue weighted by atomic mass is 9.33. The molecular formula is C126H137BN4. The van der Waals surface area contributed by atoms with Gasteiger partial charge in [-0.1, -0.05) is 336 Å². The summed E-state index contributed by atoms with van der Waals surface area (Å²) in [6.45, 7) is 66.4. The van der Waals surface area contributed by atoms with Crippen molar-refractivity contribution in [2.45, 2.75) is 274 Å². The number of hydrogen-bond acceptors (Lipinski definition) is 4. The Morgan fingerprint density at radius 2 is 0.664 bits per heavy atom. The highest BCUT2D eigenvalue weighted by Crippen LogP contribution is 2.61.